The van der Waals surface area contributed by atoms with Crippen molar-refractivity contribution in [1.82, 2.24) is 20.0 Å². The second kappa shape index (κ2) is 5.49. The molecule has 6 heteroatoms. The molecule has 3 rings (SSSR count). The van der Waals surface area contributed by atoms with Crippen LogP contribution in [0.4, 0.5) is 0 Å². The van der Waals surface area contributed by atoms with E-state index in [0.29, 0.717) is 29.8 Å². The molecule has 2 heterocycles. The fourth-order valence-corrected chi connectivity index (χ4v) is 2.29. The van der Waals surface area contributed by atoms with E-state index in [1.165, 1.54) is 0 Å². The van der Waals surface area contributed by atoms with E-state index in [0.717, 1.165) is 11.5 Å². The number of H-pyrrole nitrogens is 1. The number of aryl methyl sites for hydroxylation is 1. The summed E-state index contributed by atoms with van der Waals surface area (Å²) in [5.41, 5.74) is 1.46. The van der Waals surface area contributed by atoms with Gasteiger partial charge < -0.3 is 9.51 Å². The van der Waals surface area contributed by atoms with Crippen molar-refractivity contribution in [3.63, 3.8) is 0 Å². The fourth-order valence-electron chi connectivity index (χ4n) is 2.29. The highest BCUT2D eigenvalue weighted by atomic mass is 16.5. The Morgan fingerprint density at radius 2 is 2.10 bits per heavy atom. The van der Waals surface area contributed by atoms with Crippen LogP contribution in [-0.4, -0.2) is 27.1 Å². The van der Waals surface area contributed by atoms with Crippen molar-refractivity contribution in [2.45, 2.75) is 20.0 Å². The summed E-state index contributed by atoms with van der Waals surface area (Å²) < 4.78 is 5.04. The molecule has 108 valence electrons. The van der Waals surface area contributed by atoms with Crippen LogP contribution in [0.25, 0.3) is 10.9 Å². The molecule has 0 bridgehead atoms. The number of para-hydroxylation sites is 1. The standard InChI is InChI=1S/C15H16N4O2/c1-10-7-11(18-21-10)8-19(2)9-14-16-13-6-4-3-5-12(13)15(20)17-14/h3-7H,8-9H2,1-2H3,(H,16,17,20). The summed E-state index contributed by atoms with van der Waals surface area (Å²) in [4.78, 5) is 21.3. The van der Waals surface area contributed by atoms with Crippen molar-refractivity contribution in [2.75, 3.05) is 7.05 Å². The van der Waals surface area contributed by atoms with Crippen molar-refractivity contribution in [1.29, 1.82) is 0 Å². The van der Waals surface area contributed by atoms with Gasteiger partial charge >= 0.3 is 0 Å². The van der Waals surface area contributed by atoms with Gasteiger partial charge in [-0.1, -0.05) is 17.3 Å². The number of hydrogen-bond donors (Lipinski definition) is 1. The van der Waals surface area contributed by atoms with Crippen LogP contribution in [0.1, 0.15) is 17.3 Å². The van der Waals surface area contributed by atoms with E-state index in [1.54, 1.807) is 6.07 Å². The lowest BCUT2D eigenvalue weighted by Crippen LogP contribution is -2.22. The van der Waals surface area contributed by atoms with Gasteiger partial charge in [0, 0.05) is 12.6 Å². The van der Waals surface area contributed by atoms with E-state index in [1.807, 2.05) is 43.1 Å². The van der Waals surface area contributed by atoms with E-state index in [9.17, 15) is 4.79 Å². The molecule has 21 heavy (non-hydrogen) atoms. The second-order valence-corrected chi connectivity index (χ2v) is 5.13. The molecule has 1 aromatic carbocycles. The van der Waals surface area contributed by atoms with E-state index in [2.05, 4.69) is 15.1 Å². The van der Waals surface area contributed by atoms with Gasteiger partial charge in [-0.25, -0.2) is 4.98 Å². The summed E-state index contributed by atoms with van der Waals surface area (Å²) in [6.07, 6.45) is 0. The van der Waals surface area contributed by atoms with Crippen LogP contribution in [-0.2, 0) is 13.1 Å². The first-order chi connectivity index (χ1) is 10.1. The number of hydrogen-bond acceptors (Lipinski definition) is 5. The zero-order chi connectivity index (χ0) is 14.8. The highest BCUT2D eigenvalue weighted by molar-refractivity contribution is 5.77. The van der Waals surface area contributed by atoms with Crippen molar-refractivity contribution in [2.24, 2.45) is 0 Å². The molecule has 0 amide bonds. The van der Waals surface area contributed by atoms with E-state index >= 15 is 0 Å². The Labute approximate surface area is 121 Å². The van der Waals surface area contributed by atoms with Gasteiger partial charge in [0.15, 0.2) is 0 Å². The number of fused-ring (bicyclic) bond motifs is 1. The molecule has 0 saturated heterocycles. The summed E-state index contributed by atoms with van der Waals surface area (Å²) in [5, 5.41) is 4.56. The highest BCUT2D eigenvalue weighted by Gasteiger charge is 2.08. The summed E-state index contributed by atoms with van der Waals surface area (Å²) in [5.74, 6) is 1.43. The zero-order valence-electron chi connectivity index (χ0n) is 12.0. The molecule has 0 aliphatic rings. The van der Waals surface area contributed by atoms with Gasteiger partial charge in [0.1, 0.15) is 11.6 Å². The lowest BCUT2D eigenvalue weighted by Gasteiger charge is -2.14. The Balaban J connectivity index is 1.79. The molecule has 0 aliphatic carbocycles. The van der Waals surface area contributed by atoms with Crippen LogP contribution in [0.15, 0.2) is 39.6 Å². The first-order valence-electron chi connectivity index (χ1n) is 6.70. The Morgan fingerprint density at radius 1 is 1.29 bits per heavy atom. The van der Waals surface area contributed by atoms with Crippen LogP contribution in [0, 0.1) is 6.92 Å². The molecule has 0 radical (unpaired) electrons. The number of aromatic amines is 1. The number of rotatable bonds is 4. The lowest BCUT2D eigenvalue weighted by atomic mass is 10.2. The molecule has 1 N–H and O–H groups in total. The predicted molar refractivity (Wildman–Crippen MR) is 78.8 cm³/mol. The molecule has 3 aromatic rings. The Morgan fingerprint density at radius 3 is 2.86 bits per heavy atom. The largest absolute Gasteiger partial charge is 0.361 e. The predicted octanol–water partition coefficient (Wildman–Crippen LogP) is 1.85. The Bertz CT molecular complexity index is 822. The molecule has 2 aromatic heterocycles. The molecule has 0 unspecified atom stereocenters. The van der Waals surface area contributed by atoms with Gasteiger partial charge in [0.05, 0.1) is 23.1 Å². The molecule has 0 fully saturated rings. The summed E-state index contributed by atoms with van der Waals surface area (Å²) in [6, 6.07) is 9.22. The minimum absolute atomic E-state index is 0.110. The van der Waals surface area contributed by atoms with E-state index < -0.39 is 0 Å². The average molecular weight is 284 g/mol. The maximum absolute atomic E-state index is 12.0. The molecular weight excluding hydrogens is 268 g/mol. The van der Waals surface area contributed by atoms with Gasteiger partial charge in [-0.15, -0.1) is 0 Å². The van der Waals surface area contributed by atoms with Crippen molar-refractivity contribution < 1.29 is 4.52 Å². The number of nitrogens with one attached hydrogen (secondary N) is 1. The quantitative estimate of drug-likeness (QED) is 0.791. The van der Waals surface area contributed by atoms with Gasteiger partial charge in [-0.2, -0.15) is 0 Å². The minimum atomic E-state index is -0.110. The second-order valence-electron chi connectivity index (χ2n) is 5.13. The molecule has 0 spiro atoms. The van der Waals surface area contributed by atoms with E-state index in [4.69, 9.17) is 4.52 Å². The van der Waals surface area contributed by atoms with Crippen LogP contribution >= 0.6 is 0 Å². The molecule has 0 atom stereocenters. The van der Waals surface area contributed by atoms with Gasteiger partial charge in [0.2, 0.25) is 0 Å². The Hall–Kier alpha value is -2.47. The zero-order valence-corrected chi connectivity index (χ0v) is 12.0. The summed E-state index contributed by atoms with van der Waals surface area (Å²) in [6.45, 7) is 3.03. The first kappa shape index (κ1) is 13.5. The average Bonchev–Trinajstić information content (AvgIpc) is 2.84. The molecule has 6 nitrogen and oxygen atoms in total. The molecule has 0 saturated carbocycles. The number of nitrogens with zero attached hydrogens (tertiary/aromatic N) is 3. The maximum atomic E-state index is 12.0. The number of aromatic nitrogens is 3. The Kier molecular flexibility index (Phi) is 3.53. The van der Waals surface area contributed by atoms with Crippen molar-refractivity contribution in [3.05, 3.63) is 58.0 Å². The van der Waals surface area contributed by atoms with Crippen molar-refractivity contribution in [3.8, 4) is 0 Å². The topological polar surface area (TPSA) is 75.0 Å². The summed E-state index contributed by atoms with van der Waals surface area (Å²) in [7, 11) is 1.94. The first-order valence-corrected chi connectivity index (χ1v) is 6.70. The highest BCUT2D eigenvalue weighted by Crippen LogP contribution is 2.09. The van der Waals surface area contributed by atoms with Gasteiger partial charge in [0.25, 0.3) is 5.56 Å². The minimum Gasteiger partial charge on any atom is -0.361 e. The van der Waals surface area contributed by atoms with Crippen molar-refractivity contribution >= 4 is 10.9 Å². The lowest BCUT2D eigenvalue weighted by molar-refractivity contribution is 0.295. The normalized spacial score (nSPS) is 11.4. The smallest absolute Gasteiger partial charge is 0.258 e. The van der Waals surface area contributed by atoms with Crippen LogP contribution in [0.5, 0.6) is 0 Å². The van der Waals surface area contributed by atoms with E-state index in [-0.39, 0.29) is 5.56 Å². The summed E-state index contributed by atoms with van der Waals surface area (Å²) >= 11 is 0. The maximum Gasteiger partial charge on any atom is 0.258 e. The SMILES string of the molecule is Cc1cc(CN(C)Cc2nc3ccccc3c(=O)[nH]2)no1. The molecule has 0 aliphatic heterocycles. The van der Waals surface area contributed by atoms with Crippen LogP contribution < -0.4 is 5.56 Å². The van der Waals surface area contributed by atoms with Crippen LogP contribution in [0.3, 0.4) is 0 Å². The third kappa shape index (κ3) is 3.00. The fraction of sp³-hybridized carbons (Fsp3) is 0.267. The third-order valence-electron chi connectivity index (χ3n) is 3.19. The van der Waals surface area contributed by atoms with Gasteiger partial charge in [-0.3, -0.25) is 9.69 Å². The van der Waals surface area contributed by atoms with Gasteiger partial charge in [-0.05, 0) is 26.1 Å². The molecular formula is C15H16N4O2. The van der Waals surface area contributed by atoms with Crippen LogP contribution in [0.2, 0.25) is 0 Å². The number of benzene rings is 1. The monoisotopic (exact) mass is 284 g/mol. The third-order valence-corrected chi connectivity index (χ3v) is 3.19.